The fourth-order valence-corrected chi connectivity index (χ4v) is 3.05. The molecule has 0 aliphatic carbocycles. The van der Waals surface area contributed by atoms with Crippen molar-refractivity contribution in [1.29, 1.82) is 0 Å². The fourth-order valence-electron chi connectivity index (χ4n) is 3.05. The molecular formula is C15H21NO2. The average molecular weight is 247 g/mol. The Balaban J connectivity index is 1.97. The number of hydrogen-bond donors (Lipinski definition) is 1. The number of fused-ring (bicyclic) bond motifs is 1. The molecule has 1 aromatic rings. The maximum Gasteiger partial charge on any atom is 0.126 e. The molecule has 0 radical (unpaired) electrons. The quantitative estimate of drug-likeness (QED) is 0.871. The largest absolute Gasteiger partial charge is 0.485 e. The molecule has 0 bridgehead atoms. The van der Waals surface area contributed by atoms with Crippen molar-refractivity contribution in [3.63, 3.8) is 0 Å². The normalized spacial score (nSPS) is 30.2. The number of hydrogen-bond acceptors (Lipinski definition) is 3. The van der Waals surface area contributed by atoms with E-state index < -0.39 is 0 Å². The molecule has 2 aliphatic rings. The summed E-state index contributed by atoms with van der Waals surface area (Å²) >= 11 is 0. The smallest absolute Gasteiger partial charge is 0.126 e. The van der Waals surface area contributed by atoms with E-state index in [2.05, 4.69) is 37.4 Å². The third kappa shape index (κ3) is 2.02. The van der Waals surface area contributed by atoms with E-state index in [1.807, 2.05) is 0 Å². The van der Waals surface area contributed by atoms with Gasteiger partial charge in [0, 0.05) is 31.6 Å². The van der Waals surface area contributed by atoms with Crippen molar-refractivity contribution in [3.05, 3.63) is 29.3 Å². The molecule has 3 rings (SSSR count). The van der Waals surface area contributed by atoms with Crippen LogP contribution in [-0.4, -0.2) is 25.3 Å². The first-order valence-electron chi connectivity index (χ1n) is 6.84. The van der Waals surface area contributed by atoms with Crippen LogP contribution < -0.4 is 10.1 Å². The lowest BCUT2D eigenvalue weighted by molar-refractivity contribution is -0.0354. The van der Waals surface area contributed by atoms with Crippen molar-refractivity contribution < 1.29 is 9.47 Å². The van der Waals surface area contributed by atoms with E-state index in [1.165, 1.54) is 11.1 Å². The highest BCUT2D eigenvalue weighted by molar-refractivity contribution is 5.41. The number of aryl methyl sites for hydroxylation is 1. The van der Waals surface area contributed by atoms with Gasteiger partial charge < -0.3 is 14.8 Å². The molecule has 1 saturated heterocycles. The molecule has 0 saturated carbocycles. The van der Waals surface area contributed by atoms with Crippen LogP contribution in [0.5, 0.6) is 5.75 Å². The number of benzene rings is 1. The summed E-state index contributed by atoms with van der Waals surface area (Å²) in [6.07, 6.45) is 2.22. The third-order valence-corrected chi connectivity index (χ3v) is 3.97. The first-order chi connectivity index (χ1) is 8.72. The molecule has 2 atom stereocenters. The van der Waals surface area contributed by atoms with Gasteiger partial charge in [0.1, 0.15) is 11.4 Å². The summed E-state index contributed by atoms with van der Waals surface area (Å²) in [4.78, 5) is 0. The molecule has 18 heavy (non-hydrogen) atoms. The van der Waals surface area contributed by atoms with Gasteiger partial charge in [-0.25, -0.2) is 0 Å². The van der Waals surface area contributed by atoms with Gasteiger partial charge in [-0.05, 0) is 32.0 Å². The second-order valence-corrected chi connectivity index (χ2v) is 5.40. The minimum Gasteiger partial charge on any atom is -0.485 e. The highest BCUT2D eigenvalue weighted by Crippen LogP contribution is 2.44. The van der Waals surface area contributed by atoms with Crippen LogP contribution in [0.1, 0.15) is 37.0 Å². The Bertz CT molecular complexity index is 438. The maximum atomic E-state index is 6.30. The van der Waals surface area contributed by atoms with Crippen molar-refractivity contribution in [3.8, 4) is 5.75 Å². The Hall–Kier alpha value is -1.06. The Labute approximate surface area is 108 Å². The lowest BCUT2D eigenvalue weighted by Gasteiger charge is -2.39. The maximum absolute atomic E-state index is 6.30. The number of rotatable bonds is 2. The molecule has 3 heteroatoms. The van der Waals surface area contributed by atoms with Gasteiger partial charge in [0.25, 0.3) is 0 Å². The van der Waals surface area contributed by atoms with Crippen LogP contribution in [0.4, 0.5) is 0 Å². The van der Waals surface area contributed by atoms with Gasteiger partial charge in [-0.2, -0.15) is 0 Å². The molecule has 98 valence electrons. The molecule has 1 N–H and O–H groups in total. The molecule has 2 aliphatic heterocycles. The van der Waals surface area contributed by atoms with E-state index in [0.717, 1.165) is 38.3 Å². The summed E-state index contributed by atoms with van der Waals surface area (Å²) in [5, 5.41) is 3.41. The number of nitrogens with one attached hydrogen (secondary N) is 1. The standard InChI is InChI=1S/C15H21NO2/c1-3-17-14-9-15(6-7-16-10-15)18-13-8-11(2)4-5-12(13)14/h4-5,8,14,16H,3,6-7,9-10H2,1-2H3. The molecule has 2 unspecified atom stereocenters. The summed E-state index contributed by atoms with van der Waals surface area (Å²) in [7, 11) is 0. The van der Waals surface area contributed by atoms with E-state index in [4.69, 9.17) is 9.47 Å². The average Bonchev–Trinajstić information content (AvgIpc) is 2.77. The van der Waals surface area contributed by atoms with E-state index in [1.54, 1.807) is 0 Å². The van der Waals surface area contributed by atoms with Crippen molar-refractivity contribution in [2.45, 2.75) is 38.4 Å². The molecule has 3 nitrogen and oxygen atoms in total. The second kappa shape index (κ2) is 4.56. The van der Waals surface area contributed by atoms with Gasteiger partial charge in [0.2, 0.25) is 0 Å². The van der Waals surface area contributed by atoms with E-state index in [9.17, 15) is 0 Å². The monoisotopic (exact) mass is 247 g/mol. The predicted octanol–water partition coefficient (Wildman–Crippen LogP) is 2.59. The van der Waals surface area contributed by atoms with Crippen LogP contribution in [0.2, 0.25) is 0 Å². The van der Waals surface area contributed by atoms with Crippen LogP contribution in [0.15, 0.2) is 18.2 Å². The van der Waals surface area contributed by atoms with Crippen molar-refractivity contribution in [2.24, 2.45) is 0 Å². The zero-order chi connectivity index (χ0) is 12.6. The molecule has 1 spiro atoms. The van der Waals surface area contributed by atoms with E-state index in [0.29, 0.717) is 0 Å². The first-order valence-corrected chi connectivity index (χ1v) is 6.84. The Morgan fingerprint density at radius 2 is 2.39 bits per heavy atom. The highest BCUT2D eigenvalue weighted by Gasteiger charge is 2.43. The van der Waals surface area contributed by atoms with Crippen LogP contribution in [-0.2, 0) is 4.74 Å². The Kier molecular flexibility index (Phi) is 3.04. The lowest BCUT2D eigenvalue weighted by atomic mass is 9.87. The first kappa shape index (κ1) is 12.0. The predicted molar refractivity (Wildman–Crippen MR) is 71.0 cm³/mol. The van der Waals surface area contributed by atoms with Crippen molar-refractivity contribution in [1.82, 2.24) is 5.32 Å². The molecule has 1 aromatic carbocycles. The minimum absolute atomic E-state index is 0.0549. The summed E-state index contributed by atoms with van der Waals surface area (Å²) < 4.78 is 12.2. The van der Waals surface area contributed by atoms with Gasteiger partial charge >= 0.3 is 0 Å². The number of ether oxygens (including phenoxy) is 2. The SMILES string of the molecule is CCOC1CC2(CCNC2)Oc2cc(C)ccc21. The molecule has 1 fully saturated rings. The summed E-state index contributed by atoms with van der Waals surface area (Å²) in [5.74, 6) is 1.02. The van der Waals surface area contributed by atoms with Gasteiger partial charge in [0.15, 0.2) is 0 Å². The molecule has 0 amide bonds. The van der Waals surface area contributed by atoms with Gasteiger partial charge in [-0.3, -0.25) is 0 Å². The zero-order valence-corrected chi connectivity index (χ0v) is 11.2. The summed E-state index contributed by atoms with van der Waals surface area (Å²) in [6, 6.07) is 6.43. The lowest BCUT2D eigenvalue weighted by Crippen LogP contribution is -2.43. The zero-order valence-electron chi connectivity index (χ0n) is 11.2. The highest BCUT2D eigenvalue weighted by atomic mass is 16.5. The van der Waals surface area contributed by atoms with Crippen LogP contribution >= 0.6 is 0 Å². The Morgan fingerprint density at radius 1 is 1.50 bits per heavy atom. The van der Waals surface area contributed by atoms with Gasteiger partial charge in [-0.1, -0.05) is 12.1 Å². The third-order valence-electron chi connectivity index (χ3n) is 3.97. The minimum atomic E-state index is -0.0549. The van der Waals surface area contributed by atoms with Crippen molar-refractivity contribution >= 4 is 0 Å². The van der Waals surface area contributed by atoms with Crippen LogP contribution in [0.3, 0.4) is 0 Å². The molecule has 2 heterocycles. The van der Waals surface area contributed by atoms with Gasteiger partial charge in [-0.15, -0.1) is 0 Å². The van der Waals surface area contributed by atoms with Crippen molar-refractivity contribution in [2.75, 3.05) is 19.7 Å². The van der Waals surface area contributed by atoms with E-state index in [-0.39, 0.29) is 11.7 Å². The fraction of sp³-hybridized carbons (Fsp3) is 0.600. The second-order valence-electron chi connectivity index (χ2n) is 5.40. The van der Waals surface area contributed by atoms with Crippen LogP contribution in [0, 0.1) is 6.92 Å². The molecular weight excluding hydrogens is 226 g/mol. The van der Waals surface area contributed by atoms with E-state index >= 15 is 0 Å². The molecule has 0 aromatic heterocycles. The van der Waals surface area contributed by atoms with Crippen LogP contribution in [0.25, 0.3) is 0 Å². The topological polar surface area (TPSA) is 30.5 Å². The Morgan fingerprint density at radius 3 is 3.11 bits per heavy atom. The summed E-state index contributed by atoms with van der Waals surface area (Å²) in [6.45, 7) is 6.89. The van der Waals surface area contributed by atoms with Gasteiger partial charge in [0.05, 0.1) is 6.10 Å². The summed E-state index contributed by atoms with van der Waals surface area (Å²) in [5.41, 5.74) is 2.40.